The van der Waals surface area contributed by atoms with Crippen LogP contribution in [0.1, 0.15) is 44.9 Å². The fourth-order valence-corrected chi connectivity index (χ4v) is 1.50. The number of esters is 2. The Morgan fingerprint density at radius 2 is 1.07 bits per heavy atom. The van der Waals surface area contributed by atoms with Crippen molar-refractivity contribution < 1.29 is 19.1 Å². The van der Waals surface area contributed by atoms with Gasteiger partial charge in [0.2, 0.25) is 0 Å². The van der Waals surface area contributed by atoms with Crippen LogP contribution < -0.4 is 0 Å². The fourth-order valence-electron chi connectivity index (χ4n) is 1.50. The van der Waals surface area contributed by atoms with E-state index in [0.29, 0.717) is 13.2 Å². The number of rotatable bonds is 0. The van der Waals surface area contributed by atoms with E-state index >= 15 is 0 Å². The molecule has 4 heteroatoms. The predicted octanol–water partition coefficient (Wildman–Crippen LogP) is 1.82. The maximum absolute atomic E-state index is 11.1. The zero-order valence-electron chi connectivity index (χ0n) is 9.00. The van der Waals surface area contributed by atoms with Crippen molar-refractivity contribution in [1.29, 1.82) is 0 Å². The largest absolute Gasteiger partial charge is 0.465 e. The zero-order chi connectivity index (χ0) is 10.9. The second-order valence-corrected chi connectivity index (χ2v) is 3.74. The van der Waals surface area contributed by atoms with E-state index in [1.165, 1.54) is 0 Å². The summed E-state index contributed by atoms with van der Waals surface area (Å²) in [6.07, 6.45) is 6.02. The SMILES string of the molecule is O=C1CC(=O)OCCCCCCCCO1. The molecule has 1 heterocycles. The number of cyclic esters (lactones) is 2. The molecule has 0 N–H and O–H groups in total. The first kappa shape index (κ1) is 12.0. The van der Waals surface area contributed by atoms with Crippen LogP contribution in [0, 0.1) is 0 Å². The fraction of sp³-hybridized carbons (Fsp3) is 0.818. The Bertz CT molecular complexity index is 191. The van der Waals surface area contributed by atoms with Crippen LogP contribution in [0.25, 0.3) is 0 Å². The van der Waals surface area contributed by atoms with E-state index in [0.717, 1.165) is 38.5 Å². The molecule has 0 aromatic heterocycles. The van der Waals surface area contributed by atoms with Crippen molar-refractivity contribution in [3.05, 3.63) is 0 Å². The topological polar surface area (TPSA) is 52.6 Å². The maximum Gasteiger partial charge on any atom is 0.317 e. The molecular weight excluding hydrogens is 196 g/mol. The summed E-state index contributed by atoms with van der Waals surface area (Å²) in [5.74, 6) is -0.946. The van der Waals surface area contributed by atoms with Crippen LogP contribution in [0.4, 0.5) is 0 Å². The van der Waals surface area contributed by atoms with Gasteiger partial charge in [0, 0.05) is 0 Å². The van der Waals surface area contributed by atoms with Crippen LogP contribution in [0.15, 0.2) is 0 Å². The summed E-state index contributed by atoms with van der Waals surface area (Å²) in [4.78, 5) is 22.1. The van der Waals surface area contributed by atoms with E-state index in [1.54, 1.807) is 0 Å². The lowest BCUT2D eigenvalue weighted by atomic mass is 10.1. The molecule has 1 saturated heterocycles. The predicted molar refractivity (Wildman–Crippen MR) is 54.2 cm³/mol. The average Bonchev–Trinajstić information content (AvgIpc) is 2.21. The van der Waals surface area contributed by atoms with Gasteiger partial charge in [0.25, 0.3) is 0 Å². The number of hydrogen-bond donors (Lipinski definition) is 0. The van der Waals surface area contributed by atoms with Gasteiger partial charge in [-0.25, -0.2) is 0 Å². The molecule has 0 unspecified atom stereocenters. The summed E-state index contributed by atoms with van der Waals surface area (Å²) < 4.78 is 9.77. The van der Waals surface area contributed by atoms with Crippen molar-refractivity contribution in [3.8, 4) is 0 Å². The second kappa shape index (κ2) is 7.26. The van der Waals surface area contributed by atoms with Gasteiger partial charge < -0.3 is 9.47 Å². The molecular formula is C11H18O4. The Kier molecular flexibility index (Phi) is 5.81. The van der Waals surface area contributed by atoms with Gasteiger partial charge in [-0.05, 0) is 12.8 Å². The van der Waals surface area contributed by atoms with Gasteiger partial charge in [-0.3, -0.25) is 9.59 Å². The van der Waals surface area contributed by atoms with E-state index in [1.807, 2.05) is 0 Å². The van der Waals surface area contributed by atoms with Crippen molar-refractivity contribution in [2.24, 2.45) is 0 Å². The van der Waals surface area contributed by atoms with Crippen molar-refractivity contribution >= 4 is 11.9 Å². The van der Waals surface area contributed by atoms with Crippen LogP contribution in [-0.2, 0) is 19.1 Å². The van der Waals surface area contributed by atoms with E-state index in [4.69, 9.17) is 9.47 Å². The molecule has 4 nitrogen and oxygen atoms in total. The summed E-state index contributed by atoms with van der Waals surface area (Å²) in [6, 6.07) is 0. The summed E-state index contributed by atoms with van der Waals surface area (Å²) >= 11 is 0. The second-order valence-electron chi connectivity index (χ2n) is 3.74. The molecule has 1 rings (SSSR count). The first-order valence-electron chi connectivity index (χ1n) is 5.60. The third-order valence-electron chi connectivity index (χ3n) is 2.35. The minimum Gasteiger partial charge on any atom is -0.465 e. The van der Waals surface area contributed by atoms with Gasteiger partial charge >= 0.3 is 11.9 Å². The third-order valence-corrected chi connectivity index (χ3v) is 2.35. The summed E-state index contributed by atoms with van der Waals surface area (Å²) in [5, 5.41) is 0. The quantitative estimate of drug-likeness (QED) is 0.456. The smallest absolute Gasteiger partial charge is 0.317 e. The third kappa shape index (κ3) is 6.10. The van der Waals surface area contributed by atoms with Crippen LogP contribution in [-0.4, -0.2) is 25.2 Å². The maximum atomic E-state index is 11.1. The van der Waals surface area contributed by atoms with Gasteiger partial charge in [0.1, 0.15) is 6.42 Å². The number of hydrogen-bond acceptors (Lipinski definition) is 4. The van der Waals surface area contributed by atoms with Gasteiger partial charge in [-0.15, -0.1) is 0 Å². The molecule has 1 aliphatic heterocycles. The van der Waals surface area contributed by atoms with Crippen LogP contribution in [0.3, 0.4) is 0 Å². The Morgan fingerprint density at radius 1 is 0.667 bits per heavy atom. The Hall–Kier alpha value is -1.06. The van der Waals surface area contributed by atoms with Crippen LogP contribution in [0.5, 0.6) is 0 Å². The number of carbonyl (C=O) groups is 2. The lowest BCUT2D eigenvalue weighted by Crippen LogP contribution is -2.14. The monoisotopic (exact) mass is 214 g/mol. The normalized spacial score (nSPS) is 21.6. The molecule has 0 amide bonds. The molecule has 0 spiro atoms. The van der Waals surface area contributed by atoms with E-state index < -0.39 is 11.9 Å². The molecule has 1 aliphatic rings. The molecule has 0 saturated carbocycles. The highest BCUT2D eigenvalue weighted by Crippen LogP contribution is 2.07. The van der Waals surface area contributed by atoms with Gasteiger partial charge in [-0.1, -0.05) is 25.7 Å². The van der Waals surface area contributed by atoms with Crippen molar-refractivity contribution in [3.63, 3.8) is 0 Å². The summed E-state index contributed by atoms with van der Waals surface area (Å²) in [7, 11) is 0. The number of carbonyl (C=O) groups excluding carboxylic acids is 2. The van der Waals surface area contributed by atoms with Crippen molar-refractivity contribution in [1.82, 2.24) is 0 Å². The minimum atomic E-state index is -0.473. The Morgan fingerprint density at radius 3 is 1.53 bits per heavy atom. The molecule has 0 aromatic rings. The molecule has 1 fully saturated rings. The van der Waals surface area contributed by atoms with Gasteiger partial charge in [-0.2, -0.15) is 0 Å². The minimum absolute atomic E-state index is 0.250. The van der Waals surface area contributed by atoms with E-state index in [9.17, 15) is 9.59 Å². The van der Waals surface area contributed by atoms with Crippen LogP contribution >= 0.6 is 0 Å². The summed E-state index contributed by atoms with van der Waals surface area (Å²) in [6.45, 7) is 0.845. The van der Waals surface area contributed by atoms with E-state index in [2.05, 4.69) is 0 Å². The molecule has 0 atom stereocenters. The standard InChI is InChI=1S/C11H18O4/c12-10-9-11(13)15-8-6-4-2-1-3-5-7-14-10/h1-9H2. The lowest BCUT2D eigenvalue weighted by molar-refractivity contribution is -0.154. The average molecular weight is 214 g/mol. The highest BCUT2D eigenvalue weighted by Gasteiger charge is 2.11. The molecule has 86 valence electrons. The molecule has 0 aromatic carbocycles. The zero-order valence-corrected chi connectivity index (χ0v) is 9.00. The Balaban J connectivity index is 2.29. The van der Waals surface area contributed by atoms with Crippen LogP contribution in [0.2, 0.25) is 0 Å². The first-order chi connectivity index (χ1) is 7.29. The Labute approximate surface area is 89.9 Å². The highest BCUT2D eigenvalue weighted by molar-refractivity contribution is 5.91. The van der Waals surface area contributed by atoms with Gasteiger partial charge in [0.15, 0.2) is 0 Å². The van der Waals surface area contributed by atoms with E-state index in [-0.39, 0.29) is 6.42 Å². The molecule has 0 aliphatic carbocycles. The van der Waals surface area contributed by atoms with Gasteiger partial charge in [0.05, 0.1) is 13.2 Å². The van der Waals surface area contributed by atoms with Crippen molar-refractivity contribution in [2.45, 2.75) is 44.9 Å². The first-order valence-corrected chi connectivity index (χ1v) is 5.60. The number of ether oxygens (including phenoxy) is 2. The molecule has 0 bridgehead atoms. The highest BCUT2D eigenvalue weighted by atomic mass is 16.6. The van der Waals surface area contributed by atoms with Crippen molar-refractivity contribution in [2.75, 3.05) is 13.2 Å². The lowest BCUT2D eigenvalue weighted by Gasteiger charge is -2.03. The molecule has 0 radical (unpaired) electrons. The molecule has 15 heavy (non-hydrogen) atoms. The summed E-state index contributed by atoms with van der Waals surface area (Å²) in [5.41, 5.74) is 0.